The van der Waals surface area contributed by atoms with Crippen molar-refractivity contribution >= 4 is 15.7 Å². The predicted molar refractivity (Wildman–Crippen MR) is 76.2 cm³/mol. The van der Waals surface area contributed by atoms with Crippen molar-refractivity contribution in [3.8, 4) is 0 Å². The van der Waals surface area contributed by atoms with E-state index in [4.69, 9.17) is 10.9 Å². The molecule has 0 aromatic heterocycles. The summed E-state index contributed by atoms with van der Waals surface area (Å²) in [6.45, 7) is 1.44. The summed E-state index contributed by atoms with van der Waals surface area (Å²) in [5.41, 5.74) is 6.33. The average Bonchev–Trinajstić information content (AvgIpc) is 2.83. The molecule has 2 unspecified atom stereocenters. The molecule has 6 heteroatoms. The molecule has 5 nitrogen and oxygen atoms in total. The molecule has 0 saturated heterocycles. The van der Waals surface area contributed by atoms with Crippen molar-refractivity contribution in [3.05, 3.63) is 24.3 Å². The molecular weight excluding hydrogens is 262 g/mol. The summed E-state index contributed by atoms with van der Waals surface area (Å²) in [5, 5.41) is 8.42. The maximum Gasteiger partial charge on any atom is 0.240 e. The average molecular weight is 283 g/mol. The number of sulfonamides is 1. The summed E-state index contributed by atoms with van der Waals surface area (Å²) in [6, 6.07) is 6.73. The maximum atomic E-state index is 11.5. The van der Waals surface area contributed by atoms with E-state index in [0.29, 0.717) is 24.1 Å². The molecule has 1 aromatic rings. The highest BCUT2D eigenvalue weighted by atomic mass is 32.2. The number of hydrogen-bond acceptors (Lipinski definition) is 4. The van der Waals surface area contributed by atoms with Crippen molar-refractivity contribution in [1.29, 1.82) is 0 Å². The maximum absolute atomic E-state index is 11.5. The van der Waals surface area contributed by atoms with Crippen LogP contribution in [-0.4, -0.2) is 21.5 Å². The second kappa shape index (κ2) is 5.90. The lowest BCUT2D eigenvalue weighted by atomic mass is 9.96. The molecule has 2 atom stereocenters. The molecule has 1 aromatic carbocycles. The van der Waals surface area contributed by atoms with Crippen LogP contribution in [0.25, 0.3) is 0 Å². The van der Waals surface area contributed by atoms with E-state index in [9.17, 15) is 8.42 Å². The number of rotatable bonds is 5. The molecule has 19 heavy (non-hydrogen) atoms. The third-order valence-electron chi connectivity index (χ3n) is 3.87. The first-order chi connectivity index (χ1) is 9.02. The SMILES string of the molecule is NCC1CCCC1CNc1ccccc1S(N)(=O)=O. The Balaban J connectivity index is 2.08. The zero-order chi connectivity index (χ0) is 13.9. The molecule has 1 aliphatic carbocycles. The van der Waals surface area contributed by atoms with Crippen molar-refractivity contribution in [2.75, 3.05) is 18.4 Å². The van der Waals surface area contributed by atoms with Gasteiger partial charge in [0.15, 0.2) is 0 Å². The van der Waals surface area contributed by atoms with Crippen LogP contribution in [0.1, 0.15) is 19.3 Å². The summed E-state index contributed by atoms with van der Waals surface area (Å²) in [6.07, 6.45) is 3.51. The van der Waals surface area contributed by atoms with Gasteiger partial charge in [0.2, 0.25) is 10.0 Å². The highest BCUT2D eigenvalue weighted by molar-refractivity contribution is 7.89. The van der Waals surface area contributed by atoms with Crippen LogP contribution in [0.4, 0.5) is 5.69 Å². The molecule has 0 amide bonds. The number of anilines is 1. The van der Waals surface area contributed by atoms with Crippen molar-refractivity contribution < 1.29 is 8.42 Å². The number of primary sulfonamides is 1. The minimum Gasteiger partial charge on any atom is -0.384 e. The third kappa shape index (κ3) is 3.46. The fourth-order valence-corrected chi connectivity index (χ4v) is 3.51. The van der Waals surface area contributed by atoms with Gasteiger partial charge in [0, 0.05) is 6.54 Å². The number of benzene rings is 1. The molecule has 0 spiro atoms. The quantitative estimate of drug-likeness (QED) is 0.754. The molecule has 1 fully saturated rings. The van der Waals surface area contributed by atoms with Crippen LogP contribution >= 0.6 is 0 Å². The molecule has 0 bridgehead atoms. The summed E-state index contributed by atoms with van der Waals surface area (Å²) in [4.78, 5) is 0.150. The van der Waals surface area contributed by atoms with Crippen LogP contribution in [0, 0.1) is 11.8 Å². The van der Waals surface area contributed by atoms with Gasteiger partial charge in [-0.1, -0.05) is 18.6 Å². The van der Waals surface area contributed by atoms with Crippen LogP contribution in [0.3, 0.4) is 0 Å². The Morgan fingerprint density at radius 3 is 2.58 bits per heavy atom. The zero-order valence-corrected chi connectivity index (χ0v) is 11.7. The number of hydrogen-bond donors (Lipinski definition) is 3. The second-order valence-corrected chi connectivity index (χ2v) is 6.64. The highest BCUT2D eigenvalue weighted by Crippen LogP contribution is 2.31. The Bertz CT molecular complexity index is 530. The molecule has 5 N–H and O–H groups in total. The lowest BCUT2D eigenvalue weighted by Crippen LogP contribution is -2.25. The van der Waals surface area contributed by atoms with E-state index in [-0.39, 0.29) is 4.90 Å². The van der Waals surface area contributed by atoms with Gasteiger partial charge in [0.1, 0.15) is 4.90 Å². The number of nitrogens with one attached hydrogen (secondary N) is 1. The standard InChI is InChI=1S/C13H21N3O2S/c14-8-10-4-3-5-11(10)9-16-12-6-1-2-7-13(12)19(15,17)18/h1-2,6-7,10-11,16H,3-5,8-9,14H2,(H2,15,17,18). The smallest absolute Gasteiger partial charge is 0.240 e. The Labute approximate surface area is 114 Å². The van der Waals surface area contributed by atoms with E-state index in [1.807, 2.05) is 0 Å². The van der Waals surface area contributed by atoms with Gasteiger partial charge in [-0.05, 0) is 43.4 Å². The highest BCUT2D eigenvalue weighted by Gasteiger charge is 2.26. The number of nitrogens with two attached hydrogens (primary N) is 2. The van der Waals surface area contributed by atoms with Gasteiger partial charge in [-0.3, -0.25) is 0 Å². The molecule has 1 aliphatic rings. The Kier molecular flexibility index (Phi) is 4.44. The lowest BCUT2D eigenvalue weighted by Gasteiger charge is -2.19. The molecular formula is C13H21N3O2S. The second-order valence-electron chi connectivity index (χ2n) is 5.11. The van der Waals surface area contributed by atoms with E-state index in [0.717, 1.165) is 13.0 Å². The van der Waals surface area contributed by atoms with E-state index in [2.05, 4.69) is 5.32 Å². The van der Waals surface area contributed by atoms with Crippen molar-refractivity contribution in [2.24, 2.45) is 22.7 Å². The fraction of sp³-hybridized carbons (Fsp3) is 0.538. The number of para-hydroxylation sites is 1. The van der Waals surface area contributed by atoms with E-state index in [1.54, 1.807) is 18.2 Å². The van der Waals surface area contributed by atoms with Crippen LogP contribution < -0.4 is 16.2 Å². The topological polar surface area (TPSA) is 98.2 Å². The summed E-state index contributed by atoms with van der Waals surface area (Å²) < 4.78 is 23.0. The summed E-state index contributed by atoms with van der Waals surface area (Å²) in [5.74, 6) is 1.05. The minimum atomic E-state index is -3.69. The van der Waals surface area contributed by atoms with Gasteiger partial charge < -0.3 is 11.1 Å². The molecule has 106 valence electrons. The summed E-state index contributed by atoms with van der Waals surface area (Å²) >= 11 is 0. The fourth-order valence-electron chi connectivity index (χ4n) is 2.79. The normalized spacial score (nSPS) is 23.5. The van der Waals surface area contributed by atoms with Crippen LogP contribution in [-0.2, 0) is 10.0 Å². The van der Waals surface area contributed by atoms with Crippen molar-refractivity contribution in [1.82, 2.24) is 0 Å². The van der Waals surface area contributed by atoms with Crippen LogP contribution in [0.5, 0.6) is 0 Å². The van der Waals surface area contributed by atoms with Gasteiger partial charge in [0.25, 0.3) is 0 Å². The molecule has 0 heterocycles. The van der Waals surface area contributed by atoms with E-state index in [1.165, 1.54) is 18.9 Å². The Morgan fingerprint density at radius 2 is 1.89 bits per heavy atom. The van der Waals surface area contributed by atoms with Crippen molar-refractivity contribution in [3.63, 3.8) is 0 Å². The van der Waals surface area contributed by atoms with E-state index >= 15 is 0 Å². The van der Waals surface area contributed by atoms with Crippen LogP contribution in [0.15, 0.2) is 29.2 Å². The van der Waals surface area contributed by atoms with E-state index < -0.39 is 10.0 Å². The van der Waals surface area contributed by atoms with Crippen LogP contribution in [0.2, 0.25) is 0 Å². The monoisotopic (exact) mass is 283 g/mol. The van der Waals surface area contributed by atoms with Gasteiger partial charge >= 0.3 is 0 Å². The van der Waals surface area contributed by atoms with Gasteiger partial charge in [-0.25, -0.2) is 13.6 Å². The van der Waals surface area contributed by atoms with Crippen molar-refractivity contribution in [2.45, 2.75) is 24.2 Å². The summed E-state index contributed by atoms with van der Waals surface area (Å²) in [7, 11) is -3.69. The predicted octanol–water partition coefficient (Wildman–Crippen LogP) is 1.12. The zero-order valence-electron chi connectivity index (χ0n) is 10.9. The molecule has 1 saturated carbocycles. The minimum absolute atomic E-state index is 0.150. The molecule has 0 radical (unpaired) electrons. The Morgan fingerprint density at radius 1 is 1.21 bits per heavy atom. The third-order valence-corrected chi connectivity index (χ3v) is 4.84. The van der Waals surface area contributed by atoms with Gasteiger partial charge in [-0.15, -0.1) is 0 Å². The lowest BCUT2D eigenvalue weighted by molar-refractivity contribution is 0.414. The Hall–Kier alpha value is -1.11. The van der Waals surface area contributed by atoms with Gasteiger partial charge in [-0.2, -0.15) is 0 Å². The molecule has 2 rings (SSSR count). The first-order valence-electron chi connectivity index (χ1n) is 6.58. The first-order valence-corrected chi connectivity index (χ1v) is 8.12. The largest absolute Gasteiger partial charge is 0.384 e. The first kappa shape index (κ1) is 14.3. The molecule has 0 aliphatic heterocycles. The van der Waals surface area contributed by atoms with Gasteiger partial charge in [0.05, 0.1) is 5.69 Å².